The molecule has 1 saturated heterocycles. The summed E-state index contributed by atoms with van der Waals surface area (Å²) in [6.07, 6.45) is 2.79. The molecule has 1 aromatic carbocycles. The number of sulfonamides is 1. The summed E-state index contributed by atoms with van der Waals surface area (Å²) < 4.78 is 61.3. The summed E-state index contributed by atoms with van der Waals surface area (Å²) in [5.41, 5.74) is 2.20. The van der Waals surface area contributed by atoms with Crippen molar-refractivity contribution in [3.8, 4) is 0 Å². The molecule has 33 heavy (non-hydrogen) atoms. The van der Waals surface area contributed by atoms with Crippen molar-refractivity contribution in [1.82, 2.24) is 19.2 Å². The van der Waals surface area contributed by atoms with Gasteiger partial charge in [0.05, 0.1) is 11.9 Å². The van der Waals surface area contributed by atoms with Crippen molar-refractivity contribution in [1.29, 1.82) is 0 Å². The van der Waals surface area contributed by atoms with E-state index in [0.29, 0.717) is 12.2 Å². The summed E-state index contributed by atoms with van der Waals surface area (Å²) in [7, 11) is -2.75. The van der Waals surface area contributed by atoms with Crippen LogP contribution in [0.3, 0.4) is 0 Å². The number of halogens is 2. The molecule has 1 fully saturated rings. The molecule has 0 aliphatic carbocycles. The third-order valence-electron chi connectivity index (χ3n) is 5.71. The van der Waals surface area contributed by atoms with Crippen LogP contribution >= 0.6 is 11.5 Å². The van der Waals surface area contributed by atoms with Gasteiger partial charge in [0.2, 0.25) is 5.13 Å². The topological polar surface area (TPSA) is 91.3 Å². The molecule has 0 radical (unpaired) electrons. The zero-order chi connectivity index (χ0) is 23.8. The number of aryl methyl sites for hydroxylation is 1. The van der Waals surface area contributed by atoms with E-state index >= 15 is 8.78 Å². The minimum absolute atomic E-state index is 0.0528. The molecular weight excluding hydrogens is 470 g/mol. The largest absolute Gasteiger partial charge is 0.358 e. The van der Waals surface area contributed by atoms with E-state index in [2.05, 4.69) is 24.0 Å². The molecule has 176 valence electrons. The number of benzene rings is 1. The van der Waals surface area contributed by atoms with Gasteiger partial charge in [-0.05, 0) is 44.9 Å². The van der Waals surface area contributed by atoms with Crippen LogP contribution in [0.2, 0.25) is 0 Å². The van der Waals surface area contributed by atoms with E-state index in [1.54, 1.807) is 11.9 Å². The summed E-state index contributed by atoms with van der Waals surface area (Å²) in [4.78, 5) is 11.2. The molecule has 0 saturated carbocycles. The van der Waals surface area contributed by atoms with E-state index in [4.69, 9.17) is 0 Å². The monoisotopic (exact) mass is 494 g/mol. The average Bonchev–Trinajstić information content (AvgIpc) is 3.42. The second-order valence-corrected chi connectivity index (χ2v) is 10.4. The number of hydrogen-bond acceptors (Lipinski definition) is 8. The van der Waals surface area contributed by atoms with Crippen LogP contribution in [0.5, 0.6) is 0 Å². The molecule has 1 atom stereocenters. The number of likely N-dealkylation sites (tertiary alicyclic amines) is 1. The van der Waals surface area contributed by atoms with Gasteiger partial charge in [-0.25, -0.2) is 22.2 Å². The fourth-order valence-corrected chi connectivity index (χ4v) is 6.02. The first-order valence-electron chi connectivity index (χ1n) is 10.3. The van der Waals surface area contributed by atoms with Crippen LogP contribution in [0, 0.1) is 25.5 Å². The maximum Gasteiger partial charge on any atom is 0.269 e. The normalized spacial score (nSPS) is 16.8. The Morgan fingerprint density at radius 3 is 2.79 bits per heavy atom. The zero-order valence-electron chi connectivity index (χ0n) is 18.4. The van der Waals surface area contributed by atoms with Gasteiger partial charge in [-0.3, -0.25) is 14.6 Å². The highest BCUT2D eigenvalue weighted by Gasteiger charge is 2.33. The molecule has 8 nitrogen and oxygen atoms in total. The van der Waals surface area contributed by atoms with Crippen LogP contribution in [-0.2, 0) is 16.6 Å². The van der Waals surface area contributed by atoms with Gasteiger partial charge < -0.3 is 4.90 Å². The molecule has 1 N–H and O–H groups in total. The van der Waals surface area contributed by atoms with E-state index in [-0.39, 0.29) is 16.9 Å². The van der Waals surface area contributed by atoms with E-state index in [1.807, 2.05) is 25.1 Å². The van der Waals surface area contributed by atoms with Crippen molar-refractivity contribution in [2.24, 2.45) is 0 Å². The van der Waals surface area contributed by atoms with Gasteiger partial charge >= 0.3 is 0 Å². The van der Waals surface area contributed by atoms with Gasteiger partial charge in [-0.1, -0.05) is 6.07 Å². The molecule has 1 aliphatic rings. The lowest BCUT2D eigenvalue weighted by atomic mass is 10.1. The summed E-state index contributed by atoms with van der Waals surface area (Å²) >= 11 is 0.772. The SMILES string of the molecule is Cc1cccc(CN2CCC[C@@H]2N(C)c2cc(F)c(S(=O)(=O)Nc3ncns3)c(F)c2C)n1. The van der Waals surface area contributed by atoms with Crippen molar-refractivity contribution >= 4 is 32.4 Å². The number of pyridine rings is 1. The standard InChI is InChI=1S/C21H24F2N6O2S2/c1-13-6-4-7-15(26-13)11-29-9-5-8-18(29)28(3)17-10-16(22)20(19(23)14(17)2)33(30,31)27-21-24-12-25-32-21/h4,6-7,10,12,18H,5,8-9,11H2,1-3H3,(H,24,25,27)/t18-/m1/s1. The summed E-state index contributed by atoms with van der Waals surface area (Å²) in [5.74, 6) is -2.29. The van der Waals surface area contributed by atoms with Crippen LogP contribution in [0.4, 0.5) is 19.6 Å². The number of nitrogens with one attached hydrogen (secondary N) is 1. The van der Waals surface area contributed by atoms with E-state index in [9.17, 15) is 8.42 Å². The third kappa shape index (κ3) is 4.82. The molecule has 0 bridgehead atoms. The van der Waals surface area contributed by atoms with Crippen LogP contribution in [0.15, 0.2) is 35.5 Å². The second kappa shape index (κ2) is 9.27. The average molecular weight is 495 g/mol. The molecule has 0 spiro atoms. The van der Waals surface area contributed by atoms with Gasteiger partial charge in [0, 0.05) is 48.6 Å². The van der Waals surface area contributed by atoms with Gasteiger partial charge in [-0.2, -0.15) is 4.37 Å². The molecule has 0 unspecified atom stereocenters. The molecule has 4 rings (SSSR count). The smallest absolute Gasteiger partial charge is 0.269 e. The van der Waals surface area contributed by atoms with E-state index in [0.717, 1.165) is 54.7 Å². The number of anilines is 2. The fraction of sp³-hybridized carbons (Fsp3) is 0.381. The van der Waals surface area contributed by atoms with Gasteiger partial charge in [0.15, 0.2) is 10.7 Å². The van der Waals surface area contributed by atoms with Crippen molar-refractivity contribution in [2.75, 3.05) is 23.2 Å². The Balaban J connectivity index is 1.62. The summed E-state index contributed by atoms with van der Waals surface area (Å²) in [5, 5.41) is -0.0704. The highest BCUT2D eigenvalue weighted by molar-refractivity contribution is 7.93. The zero-order valence-corrected chi connectivity index (χ0v) is 20.1. The first kappa shape index (κ1) is 23.5. The second-order valence-electron chi connectivity index (χ2n) is 7.97. The molecule has 3 aromatic rings. The maximum absolute atomic E-state index is 15.2. The lowest BCUT2D eigenvalue weighted by Crippen LogP contribution is -2.42. The van der Waals surface area contributed by atoms with Crippen LogP contribution < -0.4 is 9.62 Å². The van der Waals surface area contributed by atoms with Crippen molar-refractivity contribution < 1.29 is 17.2 Å². The Morgan fingerprint density at radius 1 is 1.30 bits per heavy atom. The fourth-order valence-electron chi connectivity index (χ4n) is 4.17. The minimum Gasteiger partial charge on any atom is -0.358 e. The highest BCUT2D eigenvalue weighted by Crippen LogP contribution is 2.34. The minimum atomic E-state index is -4.51. The van der Waals surface area contributed by atoms with Crippen LogP contribution in [0.25, 0.3) is 0 Å². The van der Waals surface area contributed by atoms with Crippen LogP contribution in [-0.4, -0.2) is 47.4 Å². The lowest BCUT2D eigenvalue weighted by Gasteiger charge is -2.35. The first-order chi connectivity index (χ1) is 15.7. The Kier molecular flexibility index (Phi) is 6.59. The first-order valence-corrected chi connectivity index (χ1v) is 12.6. The summed E-state index contributed by atoms with van der Waals surface area (Å²) in [6, 6.07) is 6.92. The van der Waals surface area contributed by atoms with Crippen molar-refractivity contribution in [2.45, 2.75) is 44.3 Å². The van der Waals surface area contributed by atoms with Crippen molar-refractivity contribution in [3.63, 3.8) is 0 Å². The molecule has 12 heteroatoms. The van der Waals surface area contributed by atoms with E-state index < -0.39 is 26.6 Å². The number of aromatic nitrogens is 3. The Bertz CT molecular complexity index is 1250. The highest BCUT2D eigenvalue weighted by atomic mass is 32.2. The quantitative estimate of drug-likeness (QED) is 0.536. The maximum atomic E-state index is 15.2. The Hall–Kier alpha value is -2.70. The summed E-state index contributed by atoms with van der Waals surface area (Å²) in [6.45, 7) is 4.82. The molecule has 2 aromatic heterocycles. The Labute approximate surface area is 195 Å². The molecular formula is C21H24F2N6O2S2. The molecule has 1 aliphatic heterocycles. The van der Waals surface area contributed by atoms with Gasteiger partial charge in [0.1, 0.15) is 12.1 Å². The number of rotatable bonds is 7. The molecule has 3 heterocycles. The van der Waals surface area contributed by atoms with Crippen molar-refractivity contribution in [3.05, 3.63) is 59.2 Å². The number of hydrogen-bond donors (Lipinski definition) is 1. The number of nitrogens with zero attached hydrogens (tertiary/aromatic N) is 5. The van der Waals surface area contributed by atoms with Crippen LogP contribution in [0.1, 0.15) is 29.8 Å². The van der Waals surface area contributed by atoms with Gasteiger partial charge in [0.25, 0.3) is 10.0 Å². The van der Waals surface area contributed by atoms with Gasteiger partial charge in [-0.15, -0.1) is 0 Å². The Morgan fingerprint density at radius 2 is 2.09 bits per heavy atom. The predicted molar refractivity (Wildman–Crippen MR) is 123 cm³/mol. The predicted octanol–water partition coefficient (Wildman–Crippen LogP) is 3.69. The lowest BCUT2D eigenvalue weighted by molar-refractivity contribution is 0.240. The van der Waals surface area contributed by atoms with E-state index in [1.165, 1.54) is 6.92 Å². The molecule has 0 amide bonds. The third-order valence-corrected chi connectivity index (χ3v) is 7.80.